The van der Waals surface area contributed by atoms with E-state index in [0.29, 0.717) is 104 Å². The quantitative estimate of drug-likeness (QED) is 0.0250. The van der Waals surface area contributed by atoms with E-state index in [1.807, 2.05) is 74.5 Å². The molecule has 17 nitrogen and oxygen atoms in total. The maximum Gasteiger partial charge on any atom is 0.305 e. The van der Waals surface area contributed by atoms with Crippen molar-refractivity contribution in [3.8, 4) is 23.3 Å². The zero-order valence-electron chi connectivity index (χ0n) is 50.2. The van der Waals surface area contributed by atoms with Crippen molar-refractivity contribution in [1.29, 1.82) is 0 Å². The molecule has 8 bridgehead atoms. The van der Waals surface area contributed by atoms with Gasteiger partial charge in [-0.2, -0.15) is 0 Å². The summed E-state index contributed by atoms with van der Waals surface area (Å²) in [5.41, 5.74) is 15.7. The average molecular weight is 1150 g/mol. The largest absolute Gasteiger partial charge is 0.487 e. The fraction of sp³-hybridized carbons (Fsp3) is 0.368. The molecule has 3 atom stereocenters. The van der Waals surface area contributed by atoms with Crippen molar-refractivity contribution in [3.05, 3.63) is 153 Å². The Kier molecular flexibility index (Phi) is 18.5. The minimum absolute atomic E-state index is 0.117. The molecule has 0 spiro atoms. The molecule has 0 radical (unpaired) electrons. The highest BCUT2D eigenvalue weighted by molar-refractivity contribution is 6.23. The van der Waals surface area contributed by atoms with Gasteiger partial charge in [-0.05, 0) is 136 Å². The first-order chi connectivity index (χ1) is 41.2. The van der Waals surface area contributed by atoms with Crippen molar-refractivity contribution in [2.75, 3.05) is 59.6 Å². The van der Waals surface area contributed by atoms with Crippen LogP contribution in [-0.4, -0.2) is 113 Å². The number of carbonyl (C=O) groups is 3. The van der Waals surface area contributed by atoms with Gasteiger partial charge >= 0.3 is 5.97 Å². The average Bonchev–Trinajstić information content (AvgIpc) is 2.05. The first kappa shape index (κ1) is 59.5. The van der Waals surface area contributed by atoms with Gasteiger partial charge in [0.2, 0.25) is 0 Å². The lowest BCUT2D eigenvalue weighted by molar-refractivity contribution is -0.140. The number of methoxy groups -OCH3 is 3. The Labute approximate surface area is 496 Å². The third kappa shape index (κ3) is 12.6. The summed E-state index contributed by atoms with van der Waals surface area (Å²) in [6.07, 6.45) is 4.69. The van der Waals surface area contributed by atoms with E-state index in [2.05, 4.69) is 89.9 Å². The Morgan fingerprint density at radius 1 is 0.765 bits per heavy atom. The molecule has 0 saturated heterocycles. The van der Waals surface area contributed by atoms with E-state index in [-0.39, 0.29) is 36.0 Å². The molecule has 2 unspecified atom stereocenters. The molecular formula is C68H74N8O9. The number of allylic oxidation sites excluding steroid dienone is 3. The maximum absolute atomic E-state index is 15.0. The smallest absolute Gasteiger partial charge is 0.305 e. The van der Waals surface area contributed by atoms with Crippen molar-refractivity contribution >= 4 is 73.5 Å². The van der Waals surface area contributed by atoms with Crippen LogP contribution in [0.3, 0.4) is 0 Å². The van der Waals surface area contributed by atoms with Crippen LogP contribution in [0.5, 0.6) is 11.5 Å². The van der Waals surface area contributed by atoms with E-state index in [1.54, 1.807) is 14.2 Å². The lowest BCUT2D eigenvalue weighted by Gasteiger charge is -2.27. The number of imide groups is 1. The zero-order chi connectivity index (χ0) is 59.9. The van der Waals surface area contributed by atoms with Gasteiger partial charge in [0.25, 0.3) is 11.8 Å². The third-order valence-corrected chi connectivity index (χ3v) is 16.3. The molecule has 85 heavy (non-hydrogen) atoms. The van der Waals surface area contributed by atoms with Gasteiger partial charge in [0.05, 0.1) is 78.0 Å². The maximum atomic E-state index is 15.0. The number of anilines is 2. The molecule has 0 aliphatic carbocycles. The number of fused-ring (bicyclic) bond motifs is 9. The van der Waals surface area contributed by atoms with E-state index < -0.39 is 6.10 Å². The number of unbranched alkanes of at least 4 members (excludes halogenated alkanes) is 1. The minimum Gasteiger partial charge on any atom is -0.487 e. The number of hydrogen-bond donors (Lipinski definition) is 3. The number of nitrogens with zero attached hydrogens (tertiary/aromatic N) is 5. The zero-order valence-corrected chi connectivity index (χ0v) is 50.2. The van der Waals surface area contributed by atoms with E-state index in [9.17, 15) is 14.4 Å². The molecular weight excluding hydrogens is 1070 g/mol. The number of hydrogen-bond acceptors (Lipinski definition) is 14. The number of esters is 1. The fourth-order valence-corrected chi connectivity index (χ4v) is 11.6. The number of H-pyrrole nitrogens is 2. The second kappa shape index (κ2) is 26.5. The number of amides is 2. The lowest BCUT2D eigenvalue weighted by Crippen LogP contribution is -2.41. The van der Waals surface area contributed by atoms with E-state index >= 15 is 0 Å². The predicted molar refractivity (Wildman–Crippen MR) is 330 cm³/mol. The molecule has 4 aliphatic heterocycles. The Balaban J connectivity index is 0.960. The molecule has 3 aromatic carbocycles. The predicted octanol–water partition coefficient (Wildman–Crippen LogP) is 13.0. The first-order valence-corrected chi connectivity index (χ1v) is 29.3. The van der Waals surface area contributed by atoms with E-state index in [4.69, 9.17) is 38.4 Å². The first-order valence-electron chi connectivity index (χ1n) is 29.3. The molecule has 4 aliphatic rings. The van der Waals surface area contributed by atoms with Crippen molar-refractivity contribution < 1.29 is 42.8 Å². The van der Waals surface area contributed by atoms with Crippen LogP contribution in [0, 0.1) is 18.8 Å². The summed E-state index contributed by atoms with van der Waals surface area (Å²) < 4.78 is 34.3. The van der Waals surface area contributed by atoms with E-state index in [1.165, 1.54) is 18.3 Å². The molecule has 17 heteroatoms. The molecule has 440 valence electrons. The van der Waals surface area contributed by atoms with Gasteiger partial charge in [-0.25, -0.2) is 19.9 Å². The van der Waals surface area contributed by atoms with Crippen LogP contribution in [0.15, 0.2) is 85.2 Å². The second-order valence-electron chi connectivity index (χ2n) is 21.8. The molecule has 2 amide bonds. The Morgan fingerprint density at radius 2 is 1.47 bits per heavy atom. The number of aromatic nitrogens is 6. The Bertz CT molecular complexity index is 3920. The molecule has 10 rings (SSSR count). The van der Waals surface area contributed by atoms with Gasteiger partial charge in [0, 0.05) is 89.8 Å². The monoisotopic (exact) mass is 1150 g/mol. The van der Waals surface area contributed by atoms with Crippen LogP contribution >= 0.6 is 0 Å². The van der Waals surface area contributed by atoms with E-state index in [0.717, 1.165) is 103 Å². The highest BCUT2D eigenvalue weighted by Crippen LogP contribution is 2.46. The number of rotatable bonds is 22. The fourth-order valence-electron chi connectivity index (χ4n) is 11.6. The Morgan fingerprint density at radius 3 is 2.20 bits per heavy atom. The number of nitrogens with one attached hydrogen (secondary N) is 3. The van der Waals surface area contributed by atoms with Gasteiger partial charge < -0.3 is 43.7 Å². The van der Waals surface area contributed by atoms with Crippen LogP contribution < -0.4 is 14.8 Å². The highest BCUT2D eigenvalue weighted by Gasteiger charge is 2.40. The molecule has 3 N–H and O–H groups in total. The number of benzene rings is 3. The highest BCUT2D eigenvalue weighted by atomic mass is 16.5. The second-order valence-corrected chi connectivity index (χ2v) is 21.8. The van der Waals surface area contributed by atoms with Gasteiger partial charge in [0.15, 0.2) is 11.5 Å². The van der Waals surface area contributed by atoms with Crippen LogP contribution in [-0.2, 0) is 30.3 Å². The van der Waals surface area contributed by atoms with Crippen molar-refractivity contribution in [2.24, 2.45) is 0 Å². The molecule has 0 fully saturated rings. The van der Waals surface area contributed by atoms with Crippen molar-refractivity contribution in [3.63, 3.8) is 0 Å². The van der Waals surface area contributed by atoms with Crippen LogP contribution in [0.2, 0.25) is 0 Å². The standard InChI is InChI=1S/C68H74N8O9/c1-11-13-25-76-67(78)62-42(6)54-34-56-48(12-2)39(3)51(72-56)35-57-61(41(5)53(73-57)33-52-40(4)49(21-16-22-60(77)82-10)64(74-52)63(68(76)79)65(62)75-54)43(7)85-37-46-19-14-17-44(30-46)23-24-45-18-15-20-47(31-45)71-66-50-32-58(83-28-26-80-8)59(84-29-27-81-9)36-55(50)69-38-70-66/h14-15,17-20,30-36,38,40,43,49,74-75H,11-13,16,21-22,25-29,37H2,1-10H3,(H,69,70,71)/t40?,43?,49-/m0/s1. The van der Waals surface area contributed by atoms with Gasteiger partial charge in [-0.15, -0.1) is 0 Å². The number of aromatic amines is 2. The van der Waals surface area contributed by atoms with Gasteiger partial charge in [0.1, 0.15) is 25.4 Å². The summed E-state index contributed by atoms with van der Waals surface area (Å²) in [5.74, 6) is 7.17. The summed E-state index contributed by atoms with van der Waals surface area (Å²) in [7, 11) is 4.65. The van der Waals surface area contributed by atoms with Crippen LogP contribution in [0.1, 0.15) is 169 Å². The molecule has 6 aromatic rings. The molecule has 0 saturated carbocycles. The topological polar surface area (TPSA) is 205 Å². The summed E-state index contributed by atoms with van der Waals surface area (Å²) >= 11 is 0. The number of aryl methyl sites for hydroxylation is 1. The summed E-state index contributed by atoms with van der Waals surface area (Å²) in [6, 6.07) is 25.8. The third-order valence-electron chi connectivity index (χ3n) is 16.3. The van der Waals surface area contributed by atoms with Crippen LogP contribution in [0.4, 0.5) is 11.5 Å². The summed E-state index contributed by atoms with van der Waals surface area (Å²) in [6.45, 7) is 16.6. The van der Waals surface area contributed by atoms with Crippen LogP contribution in [0.25, 0.3) is 44.2 Å². The van der Waals surface area contributed by atoms with Crippen molar-refractivity contribution in [1.82, 2.24) is 34.8 Å². The van der Waals surface area contributed by atoms with Gasteiger partial charge in [-0.3, -0.25) is 19.3 Å². The molecule has 3 aromatic heterocycles. The van der Waals surface area contributed by atoms with Gasteiger partial charge in [-0.1, -0.05) is 57.2 Å². The lowest BCUT2D eigenvalue weighted by atomic mass is 9.84. The van der Waals surface area contributed by atoms with Crippen molar-refractivity contribution in [2.45, 2.75) is 112 Å². The molecule has 7 heterocycles. The Hall–Kier alpha value is -8.69. The summed E-state index contributed by atoms with van der Waals surface area (Å²) in [4.78, 5) is 70.4. The number of carbonyl (C=O) groups excluding carboxylic acids is 3. The minimum atomic E-state index is -0.398. The normalized spacial score (nSPS) is 15.5. The summed E-state index contributed by atoms with van der Waals surface area (Å²) in [5, 5.41) is 4.22. The SMILES string of the molecule is CCCCN1C(=O)c2c3[nH]c(cc4nc(cc5nc(cc6[nH]c2c(c6C)C1=O)C(CC)=C5C)C(C(C)OCc1cccc(C#Cc2cccc(Nc5ncnc6cc(OCCOC)c(OCCOC)cc56)c2)c1)=C4C)C(C)[C@@H]3CCCC(=O)OC. The number of ether oxygens (including phenoxy) is 6.